The quantitative estimate of drug-likeness (QED) is 0.752. The van der Waals surface area contributed by atoms with Crippen LogP contribution in [0.25, 0.3) is 11.1 Å². The van der Waals surface area contributed by atoms with Gasteiger partial charge in [-0.15, -0.1) is 0 Å². The summed E-state index contributed by atoms with van der Waals surface area (Å²) in [5.74, 6) is 1.33. The molecule has 4 rings (SSSR count). The summed E-state index contributed by atoms with van der Waals surface area (Å²) in [5, 5.41) is 5.12. The summed E-state index contributed by atoms with van der Waals surface area (Å²) < 4.78 is 6.31. The zero-order valence-corrected chi connectivity index (χ0v) is 16.3. The standard InChI is InChI=1S/C19H19Cl3N2O/c1-24(2)16-6-10(18-14(21)7-11(20)8-15(18)22)5-12-13-9-23-4-3-17(13)25-19(12)16/h5-8,13,17,23H,3-4,9H2,1-2H3. The molecule has 0 bridgehead atoms. The van der Waals surface area contributed by atoms with E-state index in [1.165, 1.54) is 5.56 Å². The predicted molar refractivity (Wildman–Crippen MR) is 106 cm³/mol. The molecular formula is C19H19Cl3N2O. The maximum atomic E-state index is 6.46. The van der Waals surface area contributed by atoms with Crippen LogP contribution in [0.2, 0.25) is 15.1 Å². The molecule has 132 valence electrons. The lowest BCUT2D eigenvalue weighted by Gasteiger charge is -2.24. The molecule has 2 heterocycles. The zero-order chi connectivity index (χ0) is 17.7. The lowest BCUT2D eigenvalue weighted by molar-refractivity contribution is 0.173. The van der Waals surface area contributed by atoms with Crippen molar-refractivity contribution in [1.29, 1.82) is 0 Å². The summed E-state index contributed by atoms with van der Waals surface area (Å²) in [5.41, 5.74) is 4.07. The van der Waals surface area contributed by atoms with Crippen LogP contribution in [0, 0.1) is 0 Å². The van der Waals surface area contributed by atoms with E-state index in [-0.39, 0.29) is 6.10 Å². The molecule has 2 unspecified atom stereocenters. The Bertz CT molecular complexity index is 815. The normalized spacial score (nSPS) is 21.5. The van der Waals surface area contributed by atoms with E-state index in [1.807, 2.05) is 14.1 Å². The molecule has 0 aliphatic carbocycles. The summed E-state index contributed by atoms with van der Waals surface area (Å²) in [6.07, 6.45) is 1.26. The van der Waals surface area contributed by atoms with Crippen molar-refractivity contribution in [3.8, 4) is 16.9 Å². The zero-order valence-electron chi connectivity index (χ0n) is 14.1. The second-order valence-corrected chi connectivity index (χ2v) is 8.06. The van der Waals surface area contributed by atoms with Crippen LogP contribution in [0.4, 0.5) is 5.69 Å². The summed E-state index contributed by atoms with van der Waals surface area (Å²) in [4.78, 5) is 2.07. The van der Waals surface area contributed by atoms with E-state index in [2.05, 4.69) is 22.3 Å². The highest BCUT2D eigenvalue weighted by Gasteiger charge is 2.38. The molecule has 2 aliphatic rings. The lowest BCUT2D eigenvalue weighted by Crippen LogP contribution is -2.37. The molecule has 2 aliphatic heterocycles. The third-order valence-corrected chi connectivity index (χ3v) is 5.78. The number of hydrogen-bond acceptors (Lipinski definition) is 3. The minimum absolute atomic E-state index is 0.237. The molecule has 0 aromatic heterocycles. The molecule has 1 N–H and O–H groups in total. The Morgan fingerprint density at radius 1 is 1.08 bits per heavy atom. The van der Waals surface area contributed by atoms with Crippen LogP contribution in [0.5, 0.6) is 5.75 Å². The Labute approximate surface area is 162 Å². The van der Waals surface area contributed by atoms with Crippen molar-refractivity contribution in [3.63, 3.8) is 0 Å². The highest BCUT2D eigenvalue weighted by Crippen LogP contribution is 2.49. The number of hydrogen-bond donors (Lipinski definition) is 1. The highest BCUT2D eigenvalue weighted by atomic mass is 35.5. The van der Waals surface area contributed by atoms with Crippen molar-refractivity contribution in [2.45, 2.75) is 18.4 Å². The first-order valence-corrected chi connectivity index (χ1v) is 9.46. The molecule has 0 saturated carbocycles. The topological polar surface area (TPSA) is 24.5 Å². The number of nitrogens with zero attached hydrogens (tertiary/aromatic N) is 1. The van der Waals surface area contributed by atoms with Crippen LogP contribution < -0.4 is 15.0 Å². The van der Waals surface area contributed by atoms with Crippen molar-refractivity contribution < 1.29 is 4.74 Å². The molecule has 2 atom stereocenters. The molecule has 2 aromatic rings. The number of benzene rings is 2. The summed E-state index contributed by atoms with van der Waals surface area (Å²) in [6, 6.07) is 7.72. The third kappa shape index (κ3) is 2.97. The fourth-order valence-corrected chi connectivity index (χ4v) is 4.81. The molecule has 2 aromatic carbocycles. The second-order valence-electron chi connectivity index (χ2n) is 6.81. The number of ether oxygens (including phenoxy) is 1. The minimum Gasteiger partial charge on any atom is -0.487 e. The molecule has 0 radical (unpaired) electrons. The van der Waals surface area contributed by atoms with Gasteiger partial charge in [-0.05, 0) is 42.8 Å². The van der Waals surface area contributed by atoms with Crippen molar-refractivity contribution in [1.82, 2.24) is 5.32 Å². The number of piperidine rings is 1. The van der Waals surface area contributed by atoms with Gasteiger partial charge in [0, 0.05) is 42.7 Å². The van der Waals surface area contributed by atoms with E-state index < -0.39 is 0 Å². The van der Waals surface area contributed by atoms with Crippen LogP contribution in [0.1, 0.15) is 17.9 Å². The summed E-state index contributed by atoms with van der Waals surface area (Å²) in [6.45, 7) is 1.92. The molecule has 25 heavy (non-hydrogen) atoms. The second kappa shape index (κ2) is 6.55. The van der Waals surface area contributed by atoms with Crippen LogP contribution in [-0.4, -0.2) is 33.3 Å². The first-order chi connectivity index (χ1) is 12.0. The number of nitrogens with one attached hydrogen (secondary N) is 1. The monoisotopic (exact) mass is 396 g/mol. The smallest absolute Gasteiger partial charge is 0.146 e. The molecule has 1 fully saturated rings. The van der Waals surface area contributed by atoms with Gasteiger partial charge in [-0.3, -0.25) is 0 Å². The Hall–Kier alpha value is -1.13. The van der Waals surface area contributed by atoms with E-state index in [0.717, 1.165) is 42.1 Å². The van der Waals surface area contributed by atoms with Crippen molar-refractivity contribution >= 4 is 40.5 Å². The van der Waals surface area contributed by atoms with Crippen LogP contribution in [-0.2, 0) is 0 Å². The van der Waals surface area contributed by atoms with E-state index in [9.17, 15) is 0 Å². The SMILES string of the molecule is CN(C)c1cc(-c2c(Cl)cc(Cl)cc2Cl)cc2c1OC1CCNCC21. The Morgan fingerprint density at radius 3 is 2.48 bits per heavy atom. The maximum absolute atomic E-state index is 6.46. The first-order valence-electron chi connectivity index (χ1n) is 8.33. The molecular weight excluding hydrogens is 379 g/mol. The predicted octanol–water partition coefficient (Wildman–Crippen LogP) is 5.22. The van der Waals surface area contributed by atoms with Gasteiger partial charge >= 0.3 is 0 Å². The molecule has 1 saturated heterocycles. The van der Waals surface area contributed by atoms with E-state index in [0.29, 0.717) is 21.0 Å². The highest BCUT2D eigenvalue weighted by molar-refractivity contribution is 6.41. The van der Waals surface area contributed by atoms with Gasteiger partial charge in [-0.2, -0.15) is 0 Å². The lowest BCUT2D eigenvalue weighted by atomic mass is 9.88. The molecule has 3 nitrogen and oxygen atoms in total. The largest absolute Gasteiger partial charge is 0.487 e. The van der Waals surface area contributed by atoms with Gasteiger partial charge in [0.05, 0.1) is 15.7 Å². The summed E-state index contributed by atoms with van der Waals surface area (Å²) >= 11 is 19.0. The van der Waals surface area contributed by atoms with E-state index in [4.69, 9.17) is 39.5 Å². The van der Waals surface area contributed by atoms with Gasteiger partial charge in [0.2, 0.25) is 0 Å². The Morgan fingerprint density at radius 2 is 1.80 bits per heavy atom. The van der Waals surface area contributed by atoms with Crippen LogP contribution in [0.3, 0.4) is 0 Å². The van der Waals surface area contributed by atoms with Gasteiger partial charge in [-0.1, -0.05) is 34.8 Å². The maximum Gasteiger partial charge on any atom is 0.146 e. The van der Waals surface area contributed by atoms with Crippen molar-refractivity contribution in [2.24, 2.45) is 0 Å². The number of fused-ring (bicyclic) bond motifs is 3. The summed E-state index contributed by atoms with van der Waals surface area (Å²) in [7, 11) is 4.04. The number of halogens is 3. The molecule has 0 amide bonds. The average molecular weight is 398 g/mol. The fourth-order valence-electron chi connectivity index (χ4n) is 3.77. The van der Waals surface area contributed by atoms with Crippen molar-refractivity contribution in [2.75, 3.05) is 32.1 Å². The Balaban J connectivity index is 1.91. The van der Waals surface area contributed by atoms with E-state index in [1.54, 1.807) is 12.1 Å². The third-order valence-electron chi connectivity index (χ3n) is 4.96. The van der Waals surface area contributed by atoms with Gasteiger partial charge in [0.1, 0.15) is 11.9 Å². The van der Waals surface area contributed by atoms with E-state index >= 15 is 0 Å². The molecule has 0 spiro atoms. The van der Waals surface area contributed by atoms with Gasteiger partial charge in [0.25, 0.3) is 0 Å². The van der Waals surface area contributed by atoms with Gasteiger partial charge in [-0.25, -0.2) is 0 Å². The van der Waals surface area contributed by atoms with Crippen LogP contribution in [0.15, 0.2) is 24.3 Å². The first kappa shape index (κ1) is 17.3. The minimum atomic E-state index is 0.237. The number of anilines is 1. The van der Waals surface area contributed by atoms with Crippen LogP contribution >= 0.6 is 34.8 Å². The van der Waals surface area contributed by atoms with Gasteiger partial charge < -0.3 is 15.0 Å². The fraction of sp³-hybridized carbons (Fsp3) is 0.368. The average Bonchev–Trinajstić information content (AvgIpc) is 2.91. The van der Waals surface area contributed by atoms with Gasteiger partial charge in [0.15, 0.2) is 0 Å². The Kier molecular flexibility index (Phi) is 4.53. The molecule has 6 heteroatoms. The van der Waals surface area contributed by atoms with Crippen molar-refractivity contribution in [3.05, 3.63) is 44.9 Å². The number of rotatable bonds is 2.